The number of benzene rings is 3. The first-order chi connectivity index (χ1) is 19.3. The second-order valence-electron chi connectivity index (χ2n) is 8.64. The third kappa shape index (κ3) is 7.28. The molecule has 0 saturated carbocycles. The summed E-state index contributed by atoms with van der Waals surface area (Å²) in [6, 6.07) is 20.0. The standard InChI is InChI=1S/C29H26ClN3O6S/c1-3-39-28(37)20-8-14-23(15-9-20)32-29-33(17-18-4-10-21(30)11-5-18)26(35)24(40-29)16-25(34)31-22-12-6-19(7-13-22)27(36)38-2/h4-15,24H,3,16-17H2,1-2H3,(H,31,34). The maximum Gasteiger partial charge on any atom is 0.338 e. The normalized spacial score (nSPS) is 15.7. The molecular formula is C29H26ClN3O6S. The molecule has 1 unspecified atom stereocenters. The van der Waals surface area contributed by atoms with Crippen LogP contribution in [-0.2, 0) is 25.6 Å². The number of hydrogen-bond acceptors (Lipinski definition) is 8. The zero-order valence-corrected chi connectivity index (χ0v) is 23.3. The Morgan fingerprint density at radius 3 is 2.20 bits per heavy atom. The topological polar surface area (TPSA) is 114 Å². The highest BCUT2D eigenvalue weighted by atomic mass is 35.5. The molecule has 4 rings (SSSR count). The van der Waals surface area contributed by atoms with Crippen LogP contribution in [0.25, 0.3) is 0 Å². The number of hydrogen-bond donors (Lipinski definition) is 1. The number of amidine groups is 1. The van der Waals surface area contributed by atoms with E-state index >= 15 is 0 Å². The van der Waals surface area contributed by atoms with E-state index in [9.17, 15) is 19.2 Å². The summed E-state index contributed by atoms with van der Waals surface area (Å²) in [5.41, 5.74) is 2.63. The summed E-state index contributed by atoms with van der Waals surface area (Å²) >= 11 is 7.22. The number of rotatable bonds is 9. The van der Waals surface area contributed by atoms with E-state index < -0.39 is 17.2 Å². The number of aliphatic imine (C=N–C) groups is 1. The summed E-state index contributed by atoms with van der Waals surface area (Å²) in [5.74, 6) is -1.52. The van der Waals surface area contributed by atoms with Gasteiger partial charge in [-0.2, -0.15) is 0 Å². The maximum atomic E-state index is 13.4. The van der Waals surface area contributed by atoms with Crippen LogP contribution in [0.2, 0.25) is 5.02 Å². The number of amides is 2. The van der Waals surface area contributed by atoms with Crippen LogP contribution in [0, 0.1) is 0 Å². The predicted octanol–water partition coefficient (Wildman–Crippen LogP) is 5.46. The highest BCUT2D eigenvalue weighted by Gasteiger charge is 2.39. The first-order valence-corrected chi connectivity index (χ1v) is 13.6. The van der Waals surface area contributed by atoms with Crippen LogP contribution in [0.3, 0.4) is 0 Å². The molecule has 0 bridgehead atoms. The van der Waals surface area contributed by atoms with E-state index in [1.165, 1.54) is 23.8 Å². The van der Waals surface area contributed by atoms with Crippen molar-refractivity contribution < 1.29 is 28.7 Å². The van der Waals surface area contributed by atoms with Gasteiger partial charge in [0.25, 0.3) is 0 Å². The average molecular weight is 580 g/mol. The second kappa shape index (κ2) is 13.3. The molecule has 2 amide bonds. The Hall–Kier alpha value is -4.15. The van der Waals surface area contributed by atoms with Gasteiger partial charge in [0.1, 0.15) is 5.25 Å². The van der Waals surface area contributed by atoms with Gasteiger partial charge in [0.2, 0.25) is 11.8 Å². The Morgan fingerprint density at radius 1 is 0.950 bits per heavy atom. The van der Waals surface area contributed by atoms with Crippen LogP contribution in [-0.4, -0.2) is 52.8 Å². The lowest BCUT2D eigenvalue weighted by atomic mass is 10.2. The van der Waals surface area contributed by atoms with Crippen molar-refractivity contribution in [3.05, 3.63) is 94.5 Å². The molecule has 1 heterocycles. The minimum absolute atomic E-state index is 0.0831. The van der Waals surface area contributed by atoms with Gasteiger partial charge in [0, 0.05) is 17.1 Å². The lowest BCUT2D eigenvalue weighted by Gasteiger charge is -2.17. The number of anilines is 1. The molecule has 0 spiro atoms. The molecule has 0 radical (unpaired) electrons. The van der Waals surface area contributed by atoms with E-state index in [1.54, 1.807) is 67.6 Å². The van der Waals surface area contributed by atoms with Gasteiger partial charge in [-0.05, 0) is 73.2 Å². The lowest BCUT2D eigenvalue weighted by Crippen LogP contribution is -2.33. The predicted molar refractivity (Wildman–Crippen MR) is 154 cm³/mol. The molecule has 3 aromatic rings. The number of thioether (sulfide) groups is 1. The summed E-state index contributed by atoms with van der Waals surface area (Å²) in [7, 11) is 1.29. The van der Waals surface area contributed by atoms with E-state index in [2.05, 4.69) is 15.0 Å². The summed E-state index contributed by atoms with van der Waals surface area (Å²) in [5, 5.41) is 3.08. The van der Waals surface area contributed by atoms with Gasteiger partial charge in [0.05, 0.1) is 37.1 Å². The van der Waals surface area contributed by atoms with E-state index in [0.29, 0.717) is 32.7 Å². The molecule has 40 heavy (non-hydrogen) atoms. The monoisotopic (exact) mass is 579 g/mol. The number of esters is 2. The van der Waals surface area contributed by atoms with Crippen molar-refractivity contribution >= 4 is 63.7 Å². The molecule has 1 aliphatic rings. The van der Waals surface area contributed by atoms with Crippen LogP contribution in [0.4, 0.5) is 11.4 Å². The molecule has 1 N–H and O–H groups in total. The number of ether oxygens (including phenoxy) is 2. The third-order valence-electron chi connectivity index (χ3n) is 5.84. The fourth-order valence-corrected chi connectivity index (χ4v) is 5.11. The van der Waals surface area contributed by atoms with E-state index in [1.807, 2.05) is 12.1 Å². The highest BCUT2D eigenvalue weighted by molar-refractivity contribution is 8.15. The number of halogens is 1. The first kappa shape index (κ1) is 28.8. The van der Waals surface area contributed by atoms with Crippen molar-refractivity contribution in [3.63, 3.8) is 0 Å². The summed E-state index contributed by atoms with van der Waals surface area (Å²) < 4.78 is 9.71. The zero-order chi connectivity index (χ0) is 28.6. The Bertz CT molecular complexity index is 1430. The van der Waals surface area contributed by atoms with Crippen LogP contribution < -0.4 is 5.32 Å². The van der Waals surface area contributed by atoms with Crippen LogP contribution >= 0.6 is 23.4 Å². The minimum atomic E-state index is -0.695. The van der Waals surface area contributed by atoms with Gasteiger partial charge in [-0.15, -0.1) is 0 Å². The molecule has 206 valence electrons. The van der Waals surface area contributed by atoms with Crippen molar-refractivity contribution in [3.8, 4) is 0 Å². The fourth-order valence-electron chi connectivity index (χ4n) is 3.83. The van der Waals surface area contributed by atoms with Gasteiger partial charge in [0.15, 0.2) is 5.17 Å². The van der Waals surface area contributed by atoms with Crippen LogP contribution in [0.15, 0.2) is 77.8 Å². The molecule has 1 atom stereocenters. The van der Waals surface area contributed by atoms with Crippen molar-refractivity contribution in [1.82, 2.24) is 4.90 Å². The molecule has 0 aromatic heterocycles. The first-order valence-electron chi connectivity index (χ1n) is 12.3. The Morgan fingerprint density at radius 2 is 1.57 bits per heavy atom. The second-order valence-corrected chi connectivity index (χ2v) is 10.2. The van der Waals surface area contributed by atoms with E-state index in [0.717, 1.165) is 5.56 Å². The van der Waals surface area contributed by atoms with Crippen molar-refractivity contribution in [2.45, 2.75) is 25.1 Å². The SMILES string of the molecule is CCOC(=O)c1ccc(N=C2SC(CC(=O)Nc3ccc(C(=O)OC)cc3)C(=O)N2Cc2ccc(Cl)cc2)cc1. The van der Waals surface area contributed by atoms with Gasteiger partial charge >= 0.3 is 11.9 Å². The number of nitrogens with zero attached hydrogens (tertiary/aromatic N) is 2. The Kier molecular flexibility index (Phi) is 9.57. The smallest absolute Gasteiger partial charge is 0.338 e. The average Bonchev–Trinajstić information content (AvgIpc) is 3.23. The molecule has 11 heteroatoms. The van der Waals surface area contributed by atoms with Gasteiger partial charge in [-0.25, -0.2) is 14.6 Å². The lowest BCUT2D eigenvalue weighted by molar-refractivity contribution is -0.128. The molecule has 1 aliphatic heterocycles. The summed E-state index contributed by atoms with van der Waals surface area (Å²) in [6.45, 7) is 2.25. The molecule has 3 aromatic carbocycles. The minimum Gasteiger partial charge on any atom is -0.465 e. The van der Waals surface area contributed by atoms with E-state index in [-0.39, 0.29) is 31.4 Å². The largest absolute Gasteiger partial charge is 0.465 e. The molecule has 1 saturated heterocycles. The number of methoxy groups -OCH3 is 1. The fraction of sp³-hybridized carbons (Fsp3) is 0.207. The summed E-state index contributed by atoms with van der Waals surface area (Å²) in [4.78, 5) is 56.1. The quantitative estimate of drug-likeness (QED) is 0.335. The number of nitrogens with one attached hydrogen (secondary N) is 1. The van der Waals surface area contributed by atoms with Crippen molar-refractivity contribution in [2.24, 2.45) is 4.99 Å². The van der Waals surface area contributed by atoms with Gasteiger partial charge < -0.3 is 14.8 Å². The van der Waals surface area contributed by atoms with Crippen molar-refractivity contribution in [1.29, 1.82) is 0 Å². The van der Waals surface area contributed by atoms with Gasteiger partial charge in [-0.3, -0.25) is 14.5 Å². The highest BCUT2D eigenvalue weighted by Crippen LogP contribution is 2.33. The third-order valence-corrected chi connectivity index (χ3v) is 7.26. The molecule has 0 aliphatic carbocycles. The maximum absolute atomic E-state index is 13.4. The van der Waals surface area contributed by atoms with Crippen LogP contribution in [0.1, 0.15) is 39.6 Å². The number of carbonyl (C=O) groups is 4. The number of carbonyl (C=O) groups excluding carboxylic acids is 4. The summed E-state index contributed by atoms with van der Waals surface area (Å²) in [6.07, 6.45) is -0.0831. The van der Waals surface area contributed by atoms with Crippen LogP contribution in [0.5, 0.6) is 0 Å². The van der Waals surface area contributed by atoms with E-state index in [4.69, 9.17) is 16.3 Å². The Balaban J connectivity index is 1.51. The molecule has 9 nitrogen and oxygen atoms in total. The zero-order valence-electron chi connectivity index (χ0n) is 21.8. The molecule has 1 fully saturated rings. The Labute approximate surface area is 240 Å². The van der Waals surface area contributed by atoms with Crippen molar-refractivity contribution in [2.75, 3.05) is 19.0 Å². The molecular weight excluding hydrogens is 554 g/mol. The van der Waals surface area contributed by atoms with Gasteiger partial charge in [-0.1, -0.05) is 35.5 Å².